The van der Waals surface area contributed by atoms with Gasteiger partial charge in [0.25, 0.3) is 5.91 Å². The van der Waals surface area contributed by atoms with Crippen LogP contribution in [0.4, 0.5) is 0 Å². The smallest absolute Gasteiger partial charge is 0.254 e. The van der Waals surface area contributed by atoms with E-state index in [9.17, 15) is 4.79 Å². The van der Waals surface area contributed by atoms with Gasteiger partial charge in [0.15, 0.2) is 0 Å². The Morgan fingerprint density at radius 1 is 1.13 bits per heavy atom. The maximum Gasteiger partial charge on any atom is 0.254 e. The van der Waals surface area contributed by atoms with Crippen LogP contribution in [-0.2, 0) is 20.0 Å². The van der Waals surface area contributed by atoms with Gasteiger partial charge in [-0.1, -0.05) is 35.9 Å². The monoisotopic (exact) mass is 324 g/mol. The molecule has 0 unspecified atom stereocenters. The van der Waals surface area contributed by atoms with Gasteiger partial charge in [0.05, 0.1) is 6.54 Å². The van der Waals surface area contributed by atoms with Crippen LogP contribution in [0, 0.1) is 0 Å². The molecule has 0 saturated carbocycles. The summed E-state index contributed by atoms with van der Waals surface area (Å²) in [4.78, 5) is 14.7. The lowest BCUT2D eigenvalue weighted by Crippen LogP contribution is -2.36. The molecule has 23 heavy (non-hydrogen) atoms. The zero-order valence-electron chi connectivity index (χ0n) is 12.9. The van der Waals surface area contributed by atoms with Crippen molar-refractivity contribution in [2.75, 3.05) is 6.54 Å². The van der Waals surface area contributed by atoms with E-state index in [0.29, 0.717) is 17.1 Å². The van der Waals surface area contributed by atoms with E-state index in [4.69, 9.17) is 11.6 Å². The summed E-state index contributed by atoms with van der Waals surface area (Å²) in [5, 5.41) is 1.90. The van der Waals surface area contributed by atoms with E-state index in [-0.39, 0.29) is 5.91 Å². The summed E-state index contributed by atoms with van der Waals surface area (Å²) in [5.41, 5.74) is 4.49. The summed E-state index contributed by atoms with van der Waals surface area (Å²) >= 11 is 6.01. The third-order valence-corrected chi connectivity index (χ3v) is 4.91. The van der Waals surface area contributed by atoms with Crippen molar-refractivity contribution in [2.24, 2.45) is 7.05 Å². The number of hydrogen-bond acceptors (Lipinski definition) is 1. The minimum Gasteiger partial charge on any atom is -0.346 e. The van der Waals surface area contributed by atoms with Gasteiger partial charge in [0, 0.05) is 40.8 Å². The van der Waals surface area contributed by atoms with E-state index in [0.717, 1.165) is 13.0 Å². The highest BCUT2D eigenvalue weighted by Crippen LogP contribution is 2.30. The van der Waals surface area contributed by atoms with Crippen molar-refractivity contribution in [3.8, 4) is 0 Å². The molecule has 0 radical (unpaired) electrons. The minimum atomic E-state index is 0.0448. The van der Waals surface area contributed by atoms with Gasteiger partial charge in [0.2, 0.25) is 0 Å². The van der Waals surface area contributed by atoms with Crippen LogP contribution in [0.2, 0.25) is 5.02 Å². The summed E-state index contributed by atoms with van der Waals surface area (Å²) < 4.78 is 2.21. The van der Waals surface area contributed by atoms with Crippen LogP contribution in [0.5, 0.6) is 0 Å². The molecule has 3 nitrogen and oxygen atoms in total. The lowest BCUT2D eigenvalue weighted by molar-refractivity contribution is 0.0731. The number of nitrogens with zero attached hydrogens (tertiary/aromatic N) is 2. The average molecular weight is 325 g/mol. The molecule has 0 fully saturated rings. The maximum absolute atomic E-state index is 12.7. The lowest BCUT2D eigenvalue weighted by Gasteiger charge is -2.28. The van der Waals surface area contributed by atoms with Crippen LogP contribution in [0.3, 0.4) is 0 Å². The van der Waals surface area contributed by atoms with Crippen LogP contribution >= 0.6 is 11.6 Å². The van der Waals surface area contributed by atoms with Crippen molar-refractivity contribution >= 4 is 28.4 Å². The first-order valence-electron chi connectivity index (χ1n) is 7.75. The predicted octanol–water partition coefficient (Wildman–Crippen LogP) is 4.03. The molecule has 0 spiro atoms. The average Bonchev–Trinajstić information content (AvgIpc) is 2.87. The first-order chi connectivity index (χ1) is 11.1. The minimum absolute atomic E-state index is 0.0448. The van der Waals surface area contributed by atoms with Crippen molar-refractivity contribution in [1.82, 2.24) is 9.47 Å². The van der Waals surface area contributed by atoms with Crippen molar-refractivity contribution in [3.63, 3.8) is 0 Å². The van der Waals surface area contributed by atoms with Gasteiger partial charge in [-0.25, -0.2) is 0 Å². The third-order valence-electron chi connectivity index (χ3n) is 4.67. The second-order valence-corrected chi connectivity index (χ2v) is 6.42. The lowest BCUT2D eigenvalue weighted by atomic mass is 10.0. The molecule has 4 heteroatoms. The van der Waals surface area contributed by atoms with E-state index in [1.807, 2.05) is 17.0 Å². The van der Waals surface area contributed by atoms with Gasteiger partial charge in [-0.2, -0.15) is 0 Å². The van der Waals surface area contributed by atoms with Gasteiger partial charge < -0.3 is 9.47 Å². The molecule has 116 valence electrons. The zero-order chi connectivity index (χ0) is 16.0. The van der Waals surface area contributed by atoms with Crippen LogP contribution in [0.1, 0.15) is 21.6 Å². The van der Waals surface area contributed by atoms with Crippen molar-refractivity contribution in [1.29, 1.82) is 0 Å². The molecule has 0 bridgehead atoms. The summed E-state index contributed by atoms with van der Waals surface area (Å²) in [6, 6.07) is 15.6. The Hall–Kier alpha value is -2.26. The van der Waals surface area contributed by atoms with Gasteiger partial charge in [-0.3, -0.25) is 4.79 Å². The standard InChI is InChI=1S/C19H17ClN2O/c1-21-17-8-3-2-7-15(17)16-9-10-22(12-18(16)21)19(23)13-5-4-6-14(20)11-13/h2-8,11H,9-10,12H2,1H3. The number of aromatic nitrogens is 1. The van der Waals surface area contributed by atoms with Gasteiger partial charge in [-0.05, 0) is 36.2 Å². The first-order valence-corrected chi connectivity index (χ1v) is 8.13. The van der Waals surface area contributed by atoms with Crippen molar-refractivity contribution < 1.29 is 4.79 Å². The van der Waals surface area contributed by atoms with E-state index in [2.05, 4.69) is 35.9 Å². The highest BCUT2D eigenvalue weighted by molar-refractivity contribution is 6.30. The fraction of sp³-hybridized carbons (Fsp3) is 0.211. The van der Waals surface area contributed by atoms with E-state index >= 15 is 0 Å². The number of aryl methyl sites for hydroxylation is 1. The zero-order valence-corrected chi connectivity index (χ0v) is 13.7. The number of hydrogen-bond donors (Lipinski definition) is 0. The SMILES string of the molecule is Cn1c2c(c3ccccc31)CCN(C(=O)c1cccc(Cl)c1)C2. The van der Waals surface area contributed by atoms with E-state index in [1.165, 1.54) is 22.2 Å². The number of fused-ring (bicyclic) bond motifs is 3. The molecule has 0 N–H and O–H groups in total. The fourth-order valence-electron chi connectivity index (χ4n) is 3.49. The summed E-state index contributed by atoms with van der Waals surface area (Å²) in [6.45, 7) is 1.39. The van der Waals surface area contributed by atoms with E-state index in [1.54, 1.807) is 12.1 Å². The third kappa shape index (κ3) is 2.32. The topological polar surface area (TPSA) is 25.2 Å². The normalized spacial score (nSPS) is 14.1. The molecule has 1 aromatic heterocycles. The predicted molar refractivity (Wildman–Crippen MR) is 92.8 cm³/mol. The van der Waals surface area contributed by atoms with Gasteiger partial charge >= 0.3 is 0 Å². The van der Waals surface area contributed by atoms with Gasteiger partial charge in [-0.15, -0.1) is 0 Å². The van der Waals surface area contributed by atoms with Crippen molar-refractivity contribution in [3.05, 3.63) is 70.4 Å². The molecule has 0 aliphatic carbocycles. The Balaban J connectivity index is 1.70. The number of carbonyl (C=O) groups excluding carboxylic acids is 1. The quantitative estimate of drug-likeness (QED) is 0.663. The molecule has 4 rings (SSSR count). The Morgan fingerprint density at radius 3 is 2.78 bits per heavy atom. The number of halogens is 1. The highest BCUT2D eigenvalue weighted by atomic mass is 35.5. The first kappa shape index (κ1) is 14.3. The molecular weight excluding hydrogens is 308 g/mol. The number of para-hydroxylation sites is 1. The Morgan fingerprint density at radius 2 is 1.96 bits per heavy atom. The van der Waals surface area contributed by atoms with E-state index < -0.39 is 0 Å². The summed E-state index contributed by atoms with van der Waals surface area (Å²) in [5.74, 6) is 0.0448. The molecule has 1 aliphatic rings. The van der Waals surface area contributed by atoms with Crippen LogP contribution in [0.25, 0.3) is 10.9 Å². The second kappa shape index (κ2) is 5.43. The number of rotatable bonds is 1. The van der Waals surface area contributed by atoms with Crippen LogP contribution < -0.4 is 0 Å². The van der Waals surface area contributed by atoms with Gasteiger partial charge in [0.1, 0.15) is 0 Å². The Kier molecular flexibility index (Phi) is 3.38. The highest BCUT2D eigenvalue weighted by Gasteiger charge is 2.26. The van der Waals surface area contributed by atoms with Crippen LogP contribution in [0.15, 0.2) is 48.5 Å². The maximum atomic E-state index is 12.7. The molecule has 0 saturated heterocycles. The van der Waals surface area contributed by atoms with Crippen LogP contribution in [-0.4, -0.2) is 21.9 Å². The molecule has 1 amide bonds. The second-order valence-electron chi connectivity index (χ2n) is 5.99. The summed E-state index contributed by atoms with van der Waals surface area (Å²) in [6.07, 6.45) is 0.892. The molecule has 2 heterocycles. The Labute approximate surface area is 140 Å². The Bertz CT molecular complexity index is 913. The fourth-order valence-corrected chi connectivity index (χ4v) is 3.68. The summed E-state index contributed by atoms with van der Waals surface area (Å²) in [7, 11) is 2.08. The molecule has 0 atom stereocenters. The number of amides is 1. The molecular formula is C19H17ClN2O. The van der Waals surface area contributed by atoms with Crippen molar-refractivity contribution in [2.45, 2.75) is 13.0 Å². The number of benzene rings is 2. The molecule has 1 aliphatic heterocycles. The molecule has 2 aromatic carbocycles. The number of carbonyl (C=O) groups is 1. The molecule has 3 aromatic rings. The largest absolute Gasteiger partial charge is 0.346 e.